The van der Waals surface area contributed by atoms with E-state index >= 15 is 0 Å². The number of carbonyl (C=O) groups is 3. The van der Waals surface area contributed by atoms with Gasteiger partial charge in [-0.1, -0.05) is 287 Å². The molecule has 502 valence electrons. The molecule has 89 heavy (non-hydrogen) atoms. The van der Waals surface area contributed by atoms with Crippen LogP contribution in [0.3, 0.4) is 0 Å². The SMILES string of the molecule is CC/C=C\C/C=C\C/C=C\C/C=C\C/C=C\C/C=C\C/C=C\C/C=C\C/C=C\C/C=C\CCCCC(=O)OC(COC(=O)CCCCCCCCCCCCCCCCCCCC/C=C\C/C=C\C/C=C\C/C=C\CC)COC(OCC[N+](C)(C)C)C(=O)[O-]. The fourth-order valence-electron chi connectivity index (χ4n) is 9.14. The van der Waals surface area contributed by atoms with Crippen molar-refractivity contribution >= 4 is 17.9 Å². The standard InChI is InChI=1S/C80H129NO8/c1-6-8-10-12-14-16-18-20-22-24-26-28-30-32-34-36-38-39-41-43-45-47-49-51-53-55-57-59-61-63-65-67-69-71-78(83)89-76(75-88-80(79(84)85)86-73-72-81(3,4)5)74-87-77(82)70-68-66-64-62-60-58-56-54-52-50-48-46-44-42-40-37-35-33-31-29-27-25-23-21-19-17-15-13-11-9-7-2/h8-11,14-17,20-23,26-29,32,34,38-39,43,45,49,51,55,57,61,63,76,80H,6-7,12-13,18-19,24-25,30-31,33,35-37,40-42,44,46-48,50,52-54,56,58-60,62,64-75H2,1-5H3/b10-8-,11-9-,16-14-,17-15-,22-20-,23-21-,28-26-,29-27-,34-32-,39-38-,45-43-,51-49-,57-55-,63-61-. The first-order valence-corrected chi connectivity index (χ1v) is 35.3. The summed E-state index contributed by atoms with van der Waals surface area (Å²) in [5, 5.41) is 11.8. The maximum Gasteiger partial charge on any atom is 0.306 e. The number of aliphatic carboxylic acids is 1. The Morgan fingerprint density at radius 2 is 0.607 bits per heavy atom. The van der Waals surface area contributed by atoms with E-state index in [9.17, 15) is 19.5 Å². The Labute approximate surface area is 546 Å². The molecule has 0 aromatic rings. The van der Waals surface area contributed by atoms with Crippen LogP contribution in [0.4, 0.5) is 0 Å². The van der Waals surface area contributed by atoms with Crippen LogP contribution >= 0.6 is 0 Å². The molecule has 2 unspecified atom stereocenters. The van der Waals surface area contributed by atoms with Crippen LogP contribution in [-0.4, -0.2) is 82.3 Å². The molecule has 0 aliphatic heterocycles. The van der Waals surface area contributed by atoms with Crippen molar-refractivity contribution in [2.45, 2.75) is 270 Å². The lowest BCUT2D eigenvalue weighted by molar-refractivity contribution is -0.870. The molecule has 0 radical (unpaired) electrons. The van der Waals surface area contributed by atoms with Crippen LogP contribution in [0.25, 0.3) is 0 Å². The van der Waals surface area contributed by atoms with Gasteiger partial charge in [-0.2, -0.15) is 0 Å². The summed E-state index contributed by atoms with van der Waals surface area (Å²) >= 11 is 0. The van der Waals surface area contributed by atoms with Gasteiger partial charge < -0.3 is 33.3 Å². The van der Waals surface area contributed by atoms with Gasteiger partial charge >= 0.3 is 11.9 Å². The van der Waals surface area contributed by atoms with Crippen molar-refractivity contribution in [3.05, 3.63) is 170 Å². The van der Waals surface area contributed by atoms with Crippen molar-refractivity contribution in [2.75, 3.05) is 47.5 Å². The van der Waals surface area contributed by atoms with Gasteiger partial charge in [-0.15, -0.1) is 0 Å². The molecule has 0 aliphatic carbocycles. The molecule has 0 N–H and O–H groups in total. The van der Waals surface area contributed by atoms with Crippen molar-refractivity contribution in [3.8, 4) is 0 Å². The van der Waals surface area contributed by atoms with Crippen LogP contribution in [0.5, 0.6) is 0 Å². The zero-order chi connectivity index (χ0) is 64.7. The summed E-state index contributed by atoms with van der Waals surface area (Å²) in [5.74, 6) is -2.35. The minimum absolute atomic E-state index is 0.131. The van der Waals surface area contributed by atoms with Gasteiger partial charge in [-0.25, -0.2) is 0 Å². The lowest BCUT2D eigenvalue weighted by Crippen LogP contribution is -2.44. The van der Waals surface area contributed by atoms with Gasteiger partial charge in [0.25, 0.3) is 0 Å². The molecule has 0 spiro atoms. The van der Waals surface area contributed by atoms with Gasteiger partial charge in [-0.3, -0.25) is 9.59 Å². The number of quaternary nitrogens is 1. The van der Waals surface area contributed by atoms with Crippen LogP contribution < -0.4 is 5.11 Å². The molecule has 0 amide bonds. The van der Waals surface area contributed by atoms with Gasteiger partial charge in [0.1, 0.15) is 13.2 Å². The Bertz CT molecular complexity index is 2070. The normalized spacial score (nSPS) is 13.8. The molecular formula is C80H129NO8. The summed E-state index contributed by atoms with van der Waals surface area (Å²) < 4.78 is 22.7. The van der Waals surface area contributed by atoms with Crippen molar-refractivity contribution in [1.29, 1.82) is 0 Å². The summed E-state index contributed by atoms with van der Waals surface area (Å²) in [6.07, 6.45) is 100. The topological polar surface area (TPSA) is 111 Å². The van der Waals surface area contributed by atoms with Gasteiger partial charge in [0.2, 0.25) is 0 Å². The third-order valence-corrected chi connectivity index (χ3v) is 14.5. The fraction of sp³-hybridized carbons (Fsp3) is 0.613. The number of nitrogens with zero attached hydrogens (tertiary/aromatic N) is 1. The van der Waals surface area contributed by atoms with Gasteiger partial charge in [-0.05, 0) is 128 Å². The molecule has 9 nitrogen and oxygen atoms in total. The highest BCUT2D eigenvalue weighted by molar-refractivity contribution is 5.70. The van der Waals surface area contributed by atoms with Crippen LogP contribution in [0.15, 0.2) is 170 Å². The minimum Gasteiger partial charge on any atom is -0.545 e. The van der Waals surface area contributed by atoms with E-state index < -0.39 is 24.3 Å². The number of allylic oxidation sites excluding steroid dienone is 28. The van der Waals surface area contributed by atoms with Crippen molar-refractivity contribution in [1.82, 2.24) is 0 Å². The molecule has 0 heterocycles. The van der Waals surface area contributed by atoms with E-state index in [1.165, 1.54) is 103 Å². The molecule has 0 aromatic carbocycles. The number of hydrogen-bond acceptors (Lipinski definition) is 8. The van der Waals surface area contributed by atoms with Gasteiger partial charge in [0, 0.05) is 12.8 Å². The molecule has 2 atom stereocenters. The largest absolute Gasteiger partial charge is 0.545 e. The van der Waals surface area contributed by atoms with Crippen LogP contribution in [0.2, 0.25) is 0 Å². The van der Waals surface area contributed by atoms with Crippen LogP contribution in [0, 0.1) is 0 Å². The second-order valence-corrected chi connectivity index (χ2v) is 24.1. The predicted molar refractivity (Wildman–Crippen MR) is 379 cm³/mol. The molecule has 9 heteroatoms. The molecule has 0 saturated heterocycles. The summed E-state index contributed by atoms with van der Waals surface area (Å²) in [4.78, 5) is 37.5. The second kappa shape index (κ2) is 68.6. The average Bonchev–Trinajstić information content (AvgIpc) is 3.64. The van der Waals surface area contributed by atoms with Gasteiger partial charge in [0.05, 0.1) is 40.3 Å². The van der Waals surface area contributed by atoms with E-state index in [1.807, 2.05) is 21.1 Å². The zero-order valence-electron chi connectivity index (χ0n) is 57.2. The number of esters is 2. The molecule has 0 saturated carbocycles. The van der Waals surface area contributed by atoms with E-state index in [0.29, 0.717) is 17.4 Å². The van der Waals surface area contributed by atoms with Gasteiger partial charge in [0.15, 0.2) is 12.4 Å². The number of unbranched alkanes of at least 4 members (excludes halogenated alkanes) is 20. The predicted octanol–water partition coefficient (Wildman–Crippen LogP) is 20.9. The Balaban J connectivity index is 4.24. The lowest BCUT2D eigenvalue weighted by Gasteiger charge is -2.26. The average molecular weight is 1230 g/mol. The second-order valence-electron chi connectivity index (χ2n) is 24.1. The Morgan fingerprint density at radius 1 is 0.337 bits per heavy atom. The van der Waals surface area contributed by atoms with Crippen molar-refractivity contribution in [2.24, 2.45) is 0 Å². The van der Waals surface area contributed by atoms with Crippen molar-refractivity contribution < 1.29 is 42.9 Å². The molecule has 0 aliphatic rings. The van der Waals surface area contributed by atoms with E-state index in [4.69, 9.17) is 18.9 Å². The number of likely N-dealkylation sites (N-methyl/N-ethyl adjacent to an activating group) is 1. The lowest BCUT2D eigenvalue weighted by atomic mass is 10.0. The number of carboxylic acids is 1. The first-order chi connectivity index (χ1) is 43.6. The number of hydrogen-bond donors (Lipinski definition) is 0. The van der Waals surface area contributed by atoms with E-state index in [1.54, 1.807) is 0 Å². The third kappa shape index (κ3) is 70.0. The van der Waals surface area contributed by atoms with Crippen molar-refractivity contribution in [3.63, 3.8) is 0 Å². The van der Waals surface area contributed by atoms with E-state index in [2.05, 4.69) is 184 Å². The highest BCUT2D eigenvalue weighted by atomic mass is 16.7. The summed E-state index contributed by atoms with van der Waals surface area (Å²) in [5.41, 5.74) is 0. The third-order valence-electron chi connectivity index (χ3n) is 14.5. The number of carbonyl (C=O) groups excluding carboxylic acids is 3. The molecule has 0 fully saturated rings. The Morgan fingerprint density at radius 3 is 0.921 bits per heavy atom. The summed E-state index contributed by atoms with van der Waals surface area (Å²) in [6, 6.07) is 0. The summed E-state index contributed by atoms with van der Waals surface area (Å²) in [7, 11) is 5.90. The maximum atomic E-state index is 12.9. The first-order valence-electron chi connectivity index (χ1n) is 35.3. The maximum absolute atomic E-state index is 12.9. The number of rotatable bonds is 63. The molecular weight excluding hydrogens is 1100 g/mol. The highest BCUT2D eigenvalue weighted by Gasteiger charge is 2.22. The van der Waals surface area contributed by atoms with Crippen LogP contribution in [-0.2, 0) is 33.3 Å². The minimum atomic E-state index is -1.64. The Hall–Kier alpha value is -5.35. The highest BCUT2D eigenvalue weighted by Crippen LogP contribution is 2.16. The zero-order valence-corrected chi connectivity index (χ0v) is 57.2. The Kier molecular flexibility index (Phi) is 64.4. The number of carboxylic acid groups (broad SMARTS) is 1. The van der Waals surface area contributed by atoms with E-state index in [0.717, 1.165) is 122 Å². The van der Waals surface area contributed by atoms with E-state index in [-0.39, 0.29) is 38.6 Å². The quantitative estimate of drug-likeness (QED) is 0.0195. The first kappa shape index (κ1) is 83.7. The molecule has 0 aromatic heterocycles. The molecule has 0 rings (SSSR count). The monoisotopic (exact) mass is 1230 g/mol. The summed E-state index contributed by atoms with van der Waals surface area (Å²) in [6.45, 7) is 4.46. The number of ether oxygens (including phenoxy) is 4. The fourth-order valence-corrected chi connectivity index (χ4v) is 9.14. The molecule has 0 bridgehead atoms. The van der Waals surface area contributed by atoms with Crippen LogP contribution in [0.1, 0.15) is 258 Å². The smallest absolute Gasteiger partial charge is 0.306 e.